The van der Waals surface area contributed by atoms with E-state index in [0.29, 0.717) is 0 Å². The SMILES string of the molecule is c1ccc(-c2ccccc2N(c2ccc(-c3ccc4ccccc4c3)cc2)c2ccc(-c3ccc4cc5oc6ccccc6c5cc4c3)cc2)cc1. The van der Waals surface area contributed by atoms with Gasteiger partial charge < -0.3 is 9.32 Å². The molecule has 2 nitrogen and oxygen atoms in total. The number of anilines is 3. The fourth-order valence-electron chi connectivity index (χ4n) is 7.58. The molecular formula is C50H33NO. The van der Waals surface area contributed by atoms with Gasteiger partial charge in [-0.3, -0.25) is 0 Å². The number of benzene rings is 9. The number of hydrogen-bond donors (Lipinski definition) is 0. The number of hydrogen-bond acceptors (Lipinski definition) is 2. The Morgan fingerprint density at radius 3 is 1.62 bits per heavy atom. The molecule has 0 amide bonds. The van der Waals surface area contributed by atoms with Crippen molar-refractivity contribution in [1.82, 2.24) is 0 Å². The molecule has 244 valence electrons. The van der Waals surface area contributed by atoms with E-state index in [9.17, 15) is 0 Å². The first kappa shape index (κ1) is 30.0. The zero-order valence-corrected chi connectivity index (χ0v) is 28.4. The van der Waals surface area contributed by atoms with Crippen LogP contribution in [-0.4, -0.2) is 0 Å². The van der Waals surface area contributed by atoms with E-state index in [1.165, 1.54) is 54.9 Å². The summed E-state index contributed by atoms with van der Waals surface area (Å²) in [5.74, 6) is 0. The monoisotopic (exact) mass is 663 g/mol. The molecule has 0 aliphatic heterocycles. The third kappa shape index (κ3) is 5.30. The van der Waals surface area contributed by atoms with Crippen molar-refractivity contribution in [2.24, 2.45) is 0 Å². The van der Waals surface area contributed by atoms with Gasteiger partial charge >= 0.3 is 0 Å². The maximum Gasteiger partial charge on any atom is 0.136 e. The quantitative estimate of drug-likeness (QED) is 0.176. The summed E-state index contributed by atoms with van der Waals surface area (Å²) in [4.78, 5) is 2.37. The molecule has 10 aromatic rings. The first-order valence-electron chi connectivity index (χ1n) is 17.7. The van der Waals surface area contributed by atoms with Gasteiger partial charge in [0.2, 0.25) is 0 Å². The minimum atomic E-state index is 0.922. The lowest BCUT2D eigenvalue weighted by Crippen LogP contribution is -2.11. The van der Waals surface area contributed by atoms with Crippen LogP contribution in [0.3, 0.4) is 0 Å². The maximum atomic E-state index is 6.16. The van der Waals surface area contributed by atoms with Crippen molar-refractivity contribution >= 4 is 60.5 Å². The number of rotatable bonds is 6. The molecule has 10 rings (SSSR count). The van der Waals surface area contributed by atoms with Crippen molar-refractivity contribution in [3.63, 3.8) is 0 Å². The van der Waals surface area contributed by atoms with Crippen LogP contribution < -0.4 is 4.90 Å². The third-order valence-corrected chi connectivity index (χ3v) is 10.2. The minimum Gasteiger partial charge on any atom is -0.456 e. The average Bonchev–Trinajstić information content (AvgIpc) is 3.58. The molecule has 0 aliphatic carbocycles. The van der Waals surface area contributed by atoms with E-state index in [2.05, 4.69) is 193 Å². The Morgan fingerprint density at radius 2 is 0.865 bits per heavy atom. The third-order valence-electron chi connectivity index (χ3n) is 10.2. The van der Waals surface area contributed by atoms with Crippen molar-refractivity contribution in [2.75, 3.05) is 4.90 Å². The fourth-order valence-corrected chi connectivity index (χ4v) is 7.58. The molecule has 1 heterocycles. The molecular weight excluding hydrogens is 631 g/mol. The van der Waals surface area contributed by atoms with Gasteiger partial charge in [0.25, 0.3) is 0 Å². The number of para-hydroxylation sites is 2. The highest BCUT2D eigenvalue weighted by Crippen LogP contribution is 2.42. The molecule has 0 unspecified atom stereocenters. The summed E-state index contributed by atoms with van der Waals surface area (Å²) in [6.45, 7) is 0. The molecule has 0 aliphatic rings. The Labute approximate surface area is 302 Å². The van der Waals surface area contributed by atoms with Gasteiger partial charge in [-0.2, -0.15) is 0 Å². The highest BCUT2D eigenvalue weighted by atomic mass is 16.3. The van der Waals surface area contributed by atoms with Crippen LogP contribution in [0, 0.1) is 0 Å². The lowest BCUT2D eigenvalue weighted by Gasteiger charge is -2.28. The Morgan fingerprint density at radius 1 is 0.308 bits per heavy atom. The molecule has 0 bridgehead atoms. The van der Waals surface area contributed by atoms with Gasteiger partial charge in [-0.1, -0.05) is 140 Å². The zero-order chi connectivity index (χ0) is 34.4. The Balaban J connectivity index is 1.05. The van der Waals surface area contributed by atoms with E-state index in [1.807, 2.05) is 12.1 Å². The lowest BCUT2D eigenvalue weighted by atomic mass is 9.98. The van der Waals surface area contributed by atoms with Gasteiger partial charge in [0, 0.05) is 27.7 Å². The molecule has 2 heteroatoms. The number of furan rings is 1. The van der Waals surface area contributed by atoms with Crippen LogP contribution in [0.5, 0.6) is 0 Å². The Bertz CT molecular complexity index is 2890. The second kappa shape index (κ2) is 12.5. The van der Waals surface area contributed by atoms with E-state index < -0.39 is 0 Å². The molecule has 9 aromatic carbocycles. The standard InChI is InChI=1S/C50H33NO/c1-2-11-37(12-3-1)45-14-6-8-16-48(45)51(43-26-22-35(23-27-43)39-19-18-34-10-4-5-13-38(34)30-39)44-28-24-36(25-29-44)40-20-21-41-33-50-47(32-42(41)31-40)46-15-7-9-17-49(46)52-50/h1-33H. The summed E-state index contributed by atoms with van der Waals surface area (Å²) in [6, 6.07) is 71.8. The van der Waals surface area contributed by atoms with E-state index in [-0.39, 0.29) is 0 Å². The van der Waals surface area contributed by atoms with Gasteiger partial charge in [-0.25, -0.2) is 0 Å². The van der Waals surface area contributed by atoms with E-state index in [0.717, 1.165) is 39.0 Å². The predicted octanol–water partition coefficient (Wildman–Crippen LogP) is 14.4. The van der Waals surface area contributed by atoms with Crippen LogP contribution >= 0.6 is 0 Å². The van der Waals surface area contributed by atoms with Crippen molar-refractivity contribution in [1.29, 1.82) is 0 Å². The van der Waals surface area contributed by atoms with Crippen molar-refractivity contribution in [2.45, 2.75) is 0 Å². The van der Waals surface area contributed by atoms with Crippen LogP contribution in [0.2, 0.25) is 0 Å². The number of nitrogens with zero attached hydrogens (tertiary/aromatic N) is 1. The first-order chi connectivity index (χ1) is 25.7. The summed E-state index contributed by atoms with van der Waals surface area (Å²) in [5, 5.41) is 7.17. The van der Waals surface area contributed by atoms with Crippen molar-refractivity contribution < 1.29 is 4.42 Å². The molecule has 1 aromatic heterocycles. The second-order valence-electron chi connectivity index (χ2n) is 13.4. The molecule has 0 atom stereocenters. The van der Waals surface area contributed by atoms with Crippen molar-refractivity contribution in [3.8, 4) is 33.4 Å². The van der Waals surface area contributed by atoms with Gasteiger partial charge in [0.1, 0.15) is 11.2 Å². The lowest BCUT2D eigenvalue weighted by molar-refractivity contribution is 0.669. The summed E-state index contributed by atoms with van der Waals surface area (Å²) in [6.07, 6.45) is 0. The smallest absolute Gasteiger partial charge is 0.136 e. The molecule has 0 saturated carbocycles. The zero-order valence-electron chi connectivity index (χ0n) is 28.4. The molecule has 0 fully saturated rings. The van der Waals surface area contributed by atoms with Crippen LogP contribution in [0.15, 0.2) is 205 Å². The summed E-state index contributed by atoms with van der Waals surface area (Å²) in [7, 11) is 0. The topological polar surface area (TPSA) is 16.4 Å². The van der Waals surface area contributed by atoms with Crippen LogP contribution in [0.4, 0.5) is 17.1 Å². The van der Waals surface area contributed by atoms with Crippen LogP contribution in [0.25, 0.3) is 76.9 Å². The van der Waals surface area contributed by atoms with Crippen molar-refractivity contribution in [3.05, 3.63) is 200 Å². The molecule has 0 saturated heterocycles. The Hall–Kier alpha value is -6.90. The van der Waals surface area contributed by atoms with Gasteiger partial charge in [-0.15, -0.1) is 0 Å². The second-order valence-corrected chi connectivity index (χ2v) is 13.4. The molecule has 0 N–H and O–H groups in total. The highest BCUT2D eigenvalue weighted by molar-refractivity contribution is 6.10. The highest BCUT2D eigenvalue weighted by Gasteiger charge is 2.18. The van der Waals surface area contributed by atoms with Crippen LogP contribution in [-0.2, 0) is 0 Å². The van der Waals surface area contributed by atoms with E-state index >= 15 is 0 Å². The summed E-state index contributed by atoms with van der Waals surface area (Å²) in [5.41, 5.74) is 12.3. The Kier molecular flexibility index (Phi) is 7.18. The average molecular weight is 664 g/mol. The van der Waals surface area contributed by atoms with Gasteiger partial charge in [-0.05, 0) is 110 Å². The predicted molar refractivity (Wildman–Crippen MR) is 220 cm³/mol. The largest absolute Gasteiger partial charge is 0.456 e. The van der Waals surface area contributed by atoms with Gasteiger partial charge in [0.15, 0.2) is 0 Å². The number of fused-ring (bicyclic) bond motifs is 5. The van der Waals surface area contributed by atoms with E-state index in [4.69, 9.17) is 4.42 Å². The maximum absolute atomic E-state index is 6.16. The normalized spacial score (nSPS) is 11.5. The van der Waals surface area contributed by atoms with Gasteiger partial charge in [0.05, 0.1) is 5.69 Å². The van der Waals surface area contributed by atoms with Crippen LogP contribution in [0.1, 0.15) is 0 Å². The summed E-state index contributed by atoms with van der Waals surface area (Å²) >= 11 is 0. The molecule has 0 radical (unpaired) electrons. The summed E-state index contributed by atoms with van der Waals surface area (Å²) < 4.78 is 6.16. The molecule has 52 heavy (non-hydrogen) atoms. The molecule has 0 spiro atoms. The minimum absolute atomic E-state index is 0.922. The first-order valence-corrected chi connectivity index (χ1v) is 17.7. The fraction of sp³-hybridized carbons (Fsp3) is 0. The van der Waals surface area contributed by atoms with E-state index in [1.54, 1.807) is 0 Å².